The molecule has 0 amide bonds. The zero-order valence-corrected chi connectivity index (χ0v) is 20.2. The standard InChI is InChI=1S/C26H40N2OS/c1-17-9-11-25(2)18(13-17)5-6-20-21-7-8-23(26(21,3)12-10-22(20)25)24(29)16-28-15-19(30-4)14-27-28/h14-15,17-18,20-23H,5-13,16H2,1-4H3/t17?,18?,20?,21?,22?,23?,25?,26-/m0/s1. The van der Waals surface area contributed by atoms with Crippen molar-refractivity contribution in [2.24, 2.45) is 46.3 Å². The Labute approximate surface area is 187 Å². The van der Waals surface area contributed by atoms with Gasteiger partial charge in [-0.1, -0.05) is 27.2 Å². The van der Waals surface area contributed by atoms with Gasteiger partial charge in [-0.2, -0.15) is 5.10 Å². The first-order chi connectivity index (χ1) is 14.3. The number of fused-ring (bicyclic) bond motifs is 5. The zero-order valence-electron chi connectivity index (χ0n) is 19.4. The summed E-state index contributed by atoms with van der Waals surface area (Å²) in [6.07, 6.45) is 18.2. The third-order valence-corrected chi connectivity index (χ3v) is 11.2. The fourth-order valence-corrected chi connectivity index (χ4v) is 9.19. The summed E-state index contributed by atoms with van der Waals surface area (Å²) >= 11 is 1.69. The lowest BCUT2D eigenvalue weighted by Crippen LogP contribution is -2.53. The number of hydrogen-bond acceptors (Lipinski definition) is 3. The minimum Gasteiger partial charge on any atom is -0.297 e. The van der Waals surface area contributed by atoms with E-state index >= 15 is 0 Å². The SMILES string of the molecule is CSc1cnn(CC(=O)C2CCC3C4CCC5CC(C)CCC5(C)C4CC[C@]23C)c1. The summed E-state index contributed by atoms with van der Waals surface area (Å²) in [5.74, 6) is 5.09. The molecule has 1 aromatic heterocycles. The molecule has 4 heteroatoms. The molecule has 4 saturated carbocycles. The highest BCUT2D eigenvalue weighted by atomic mass is 32.2. The van der Waals surface area contributed by atoms with E-state index in [1.165, 1.54) is 51.4 Å². The Morgan fingerprint density at radius 3 is 2.63 bits per heavy atom. The van der Waals surface area contributed by atoms with Crippen LogP contribution in [0.15, 0.2) is 17.3 Å². The fraction of sp³-hybridized carbons (Fsp3) is 0.846. The third-order valence-electron chi connectivity index (χ3n) is 10.5. The van der Waals surface area contributed by atoms with Crippen LogP contribution in [0.4, 0.5) is 0 Å². The van der Waals surface area contributed by atoms with Crippen LogP contribution in [-0.2, 0) is 11.3 Å². The van der Waals surface area contributed by atoms with Crippen molar-refractivity contribution < 1.29 is 4.79 Å². The first kappa shape index (κ1) is 21.1. The maximum atomic E-state index is 13.4. The lowest BCUT2D eigenvalue weighted by molar-refractivity contribution is -0.137. The van der Waals surface area contributed by atoms with Crippen molar-refractivity contribution in [3.8, 4) is 0 Å². The molecule has 0 bridgehead atoms. The highest BCUT2D eigenvalue weighted by Crippen LogP contribution is 2.67. The topological polar surface area (TPSA) is 34.9 Å². The van der Waals surface area contributed by atoms with Crippen molar-refractivity contribution in [1.82, 2.24) is 9.78 Å². The van der Waals surface area contributed by atoms with Crippen LogP contribution in [0.5, 0.6) is 0 Å². The Morgan fingerprint density at radius 2 is 1.87 bits per heavy atom. The van der Waals surface area contributed by atoms with E-state index in [0.717, 1.165) is 40.9 Å². The predicted octanol–water partition coefficient (Wildman–Crippen LogP) is 6.47. The second-order valence-electron chi connectivity index (χ2n) is 11.8. The molecule has 1 aromatic rings. The zero-order chi connectivity index (χ0) is 21.1. The van der Waals surface area contributed by atoms with Gasteiger partial charge in [0.2, 0.25) is 0 Å². The largest absolute Gasteiger partial charge is 0.297 e. The molecule has 0 radical (unpaired) electrons. The van der Waals surface area contributed by atoms with Gasteiger partial charge in [0, 0.05) is 17.0 Å². The third kappa shape index (κ3) is 3.22. The molecule has 7 unspecified atom stereocenters. The summed E-state index contributed by atoms with van der Waals surface area (Å²) in [5, 5.41) is 4.43. The van der Waals surface area contributed by atoms with E-state index in [1.807, 2.05) is 17.1 Å². The number of rotatable bonds is 4. The van der Waals surface area contributed by atoms with E-state index < -0.39 is 0 Å². The first-order valence-corrected chi connectivity index (χ1v) is 13.7. The number of ketones is 1. The minimum atomic E-state index is 0.221. The van der Waals surface area contributed by atoms with E-state index in [1.54, 1.807) is 11.8 Å². The Kier molecular flexibility index (Phi) is 5.40. The number of Topliss-reactive ketones (excluding diaryl/α,β-unsaturated/α-hetero) is 1. The van der Waals surface area contributed by atoms with E-state index in [2.05, 4.69) is 32.1 Å². The smallest absolute Gasteiger partial charge is 0.157 e. The number of carbonyl (C=O) groups excluding carboxylic acids is 1. The van der Waals surface area contributed by atoms with Gasteiger partial charge < -0.3 is 0 Å². The molecule has 5 rings (SSSR count). The molecule has 8 atom stereocenters. The van der Waals surface area contributed by atoms with Crippen molar-refractivity contribution in [2.45, 2.75) is 90.0 Å². The van der Waals surface area contributed by atoms with E-state index in [0.29, 0.717) is 17.7 Å². The van der Waals surface area contributed by atoms with Crippen LogP contribution >= 0.6 is 11.8 Å². The number of aromatic nitrogens is 2. The van der Waals surface area contributed by atoms with Crippen LogP contribution in [0.25, 0.3) is 0 Å². The van der Waals surface area contributed by atoms with Crippen molar-refractivity contribution in [2.75, 3.05) is 6.26 Å². The fourth-order valence-electron chi connectivity index (χ4n) is 8.81. The van der Waals surface area contributed by atoms with Crippen LogP contribution in [0.2, 0.25) is 0 Å². The van der Waals surface area contributed by atoms with Crippen molar-refractivity contribution >= 4 is 17.5 Å². The van der Waals surface area contributed by atoms with Crippen LogP contribution in [-0.4, -0.2) is 21.8 Å². The molecule has 0 spiro atoms. The Morgan fingerprint density at radius 1 is 1.10 bits per heavy atom. The van der Waals surface area contributed by atoms with Crippen LogP contribution in [0.3, 0.4) is 0 Å². The van der Waals surface area contributed by atoms with E-state index in [4.69, 9.17) is 0 Å². The maximum absolute atomic E-state index is 13.4. The van der Waals surface area contributed by atoms with Crippen molar-refractivity contribution in [3.05, 3.63) is 12.4 Å². The van der Waals surface area contributed by atoms with Crippen LogP contribution in [0.1, 0.15) is 78.6 Å². The second kappa shape index (κ2) is 7.67. The normalized spacial score (nSPS) is 45.5. The molecule has 166 valence electrons. The van der Waals surface area contributed by atoms with E-state index in [-0.39, 0.29) is 11.3 Å². The van der Waals surface area contributed by atoms with Crippen molar-refractivity contribution in [1.29, 1.82) is 0 Å². The summed E-state index contributed by atoms with van der Waals surface area (Å²) < 4.78 is 1.87. The minimum absolute atomic E-state index is 0.221. The lowest BCUT2D eigenvalue weighted by atomic mass is 9.44. The number of nitrogens with zero attached hydrogens (tertiary/aromatic N) is 2. The van der Waals surface area contributed by atoms with Gasteiger partial charge in [0.1, 0.15) is 0 Å². The molecule has 0 aliphatic heterocycles. The molecule has 4 aliphatic rings. The average Bonchev–Trinajstić information content (AvgIpc) is 3.32. The van der Waals surface area contributed by atoms with Gasteiger partial charge in [0.05, 0.1) is 12.7 Å². The van der Waals surface area contributed by atoms with Gasteiger partial charge in [0.25, 0.3) is 0 Å². The Bertz CT molecular complexity index is 805. The summed E-state index contributed by atoms with van der Waals surface area (Å²) in [6.45, 7) is 8.07. The molecule has 1 heterocycles. The monoisotopic (exact) mass is 428 g/mol. The highest BCUT2D eigenvalue weighted by Gasteiger charge is 2.60. The number of thioether (sulfide) groups is 1. The van der Waals surface area contributed by atoms with Gasteiger partial charge in [-0.15, -0.1) is 11.8 Å². The Hall–Kier alpha value is -0.770. The molecular formula is C26H40N2OS. The molecule has 4 fully saturated rings. The predicted molar refractivity (Wildman–Crippen MR) is 123 cm³/mol. The van der Waals surface area contributed by atoms with Gasteiger partial charge in [-0.3, -0.25) is 9.48 Å². The molecule has 0 N–H and O–H groups in total. The summed E-state index contributed by atoms with van der Waals surface area (Å²) in [6, 6.07) is 0. The Balaban J connectivity index is 1.33. The van der Waals surface area contributed by atoms with Gasteiger partial charge in [-0.05, 0) is 98.0 Å². The second-order valence-corrected chi connectivity index (χ2v) is 12.6. The first-order valence-electron chi connectivity index (χ1n) is 12.4. The van der Waals surface area contributed by atoms with Crippen molar-refractivity contribution in [3.63, 3.8) is 0 Å². The van der Waals surface area contributed by atoms with Gasteiger partial charge >= 0.3 is 0 Å². The van der Waals surface area contributed by atoms with Crippen LogP contribution < -0.4 is 0 Å². The quantitative estimate of drug-likeness (QED) is 0.516. The van der Waals surface area contributed by atoms with Gasteiger partial charge in [0.15, 0.2) is 5.78 Å². The van der Waals surface area contributed by atoms with E-state index in [9.17, 15) is 4.79 Å². The number of hydrogen-bond donors (Lipinski definition) is 0. The average molecular weight is 429 g/mol. The number of carbonyl (C=O) groups is 1. The maximum Gasteiger partial charge on any atom is 0.157 e. The van der Waals surface area contributed by atoms with Crippen LogP contribution in [0, 0.1) is 46.3 Å². The molecule has 3 nitrogen and oxygen atoms in total. The molecule has 0 aromatic carbocycles. The lowest BCUT2D eigenvalue weighted by Gasteiger charge is -2.61. The summed E-state index contributed by atoms with van der Waals surface area (Å²) in [7, 11) is 0. The summed E-state index contributed by atoms with van der Waals surface area (Å²) in [5.41, 5.74) is 0.793. The molecular weight excluding hydrogens is 388 g/mol. The summed E-state index contributed by atoms with van der Waals surface area (Å²) in [4.78, 5) is 14.5. The van der Waals surface area contributed by atoms with Gasteiger partial charge in [-0.25, -0.2) is 0 Å². The molecule has 30 heavy (non-hydrogen) atoms. The highest BCUT2D eigenvalue weighted by molar-refractivity contribution is 7.98. The molecule has 0 saturated heterocycles. The molecule has 4 aliphatic carbocycles.